The summed E-state index contributed by atoms with van der Waals surface area (Å²) >= 11 is 0. The molecule has 174 valence electrons. The molecule has 5 rings (SSSR count). The molecule has 8 nitrogen and oxygen atoms in total. The molecule has 0 fully saturated rings. The monoisotopic (exact) mass is 475 g/mol. The minimum absolute atomic E-state index is 0.0610. The first-order valence-electron chi connectivity index (χ1n) is 11.2. The van der Waals surface area contributed by atoms with Crippen molar-refractivity contribution < 1.29 is 13.3 Å². The molecule has 0 unspecified atom stereocenters. The predicted molar refractivity (Wildman–Crippen MR) is 131 cm³/mol. The molecule has 3 aromatic heterocycles. The number of sulfone groups is 1. The van der Waals surface area contributed by atoms with Crippen LogP contribution in [0.25, 0.3) is 33.1 Å². The minimum atomic E-state index is -3.31. The average Bonchev–Trinajstić information content (AvgIpc) is 3.48. The van der Waals surface area contributed by atoms with Gasteiger partial charge in [0.05, 0.1) is 16.2 Å². The Hall–Kier alpha value is -3.72. The van der Waals surface area contributed by atoms with Crippen LogP contribution in [0.5, 0.6) is 0 Å². The van der Waals surface area contributed by atoms with E-state index in [1.807, 2.05) is 37.4 Å². The Morgan fingerprint density at radius 2 is 1.94 bits per heavy atom. The summed E-state index contributed by atoms with van der Waals surface area (Å²) in [5, 5.41) is 6.07. The van der Waals surface area contributed by atoms with Crippen molar-refractivity contribution in [3.63, 3.8) is 0 Å². The summed E-state index contributed by atoms with van der Waals surface area (Å²) < 4.78 is 28.5. The van der Waals surface area contributed by atoms with E-state index in [2.05, 4.69) is 21.1 Å². The zero-order valence-corrected chi connectivity index (χ0v) is 19.9. The molecule has 0 aliphatic heterocycles. The fourth-order valence-electron chi connectivity index (χ4n) is 4.14. The molecular formula is C25H25N5O3S. The van der Waals surface area contributed by atoms with Gasteiger partial charge in [-0.1, -0.05) is 31.2 Å². The maximum absolute atomic E-state index is 12.5. The first-order valence-corrected chi connectivity index (χ1v) is 12.8. The van der Waals surface area contributed by atoms with Crippen LogP contribution in [0.15, 0.2) is 72.3 Å². The van der Waals surface area contributed by atoms with E-state index in [0.29, 0.717) is 18.0 Å². The maximum Gasteiger partial charge on any atom is 0.178 e. The second-order valence-corrected chi connectivity index (χ2v) is 10.4. The Morgan fingerprint density at radius 3 is 2.74 bits per heavy atom. The molecule has 0 N–H and O–H groups in total. The van der Waals surface area contributed by atoms with Crippen LogP contribution in [0.3, 0.4) is 0 Å². The molecule has 3 heterocycles. The number of nitrogens with zero attached hydrogens (tertiary/aromatic N) is 5. The normalized spacial score (nSPS) is 11.9. The smallest absolute Gasteiger partial charge is 0.178 e. The quantitative estimate of drug-likeness (QED) is 0.314. The lowest BCUT2D eigenvalue weighted by Gasteiger charge is -2.10. The van der Waals surface area contributed by atoms with E-state index in [4.69, 9.17) is 4.84 Å². The second kappa shape index (κ2) is 8.90. The van der Waals surface area contributed by atoms with Crippen LogP contribution < -0.4 is 4.84 Å². The van der Waals surface area contributed by atoms with Gasteiger partial charge in [-0.25, -0.2) is 18.4 Å². The average molecular weight is 476 g/mol. The first kappa shape index (κ1) is 22.1. The Kier molecular flexibility index (Phi) is 5.79. The lowest BCUT2D eigenvalue weighted by atomic mass is 10.00. The van der Waals surface area contributed by atoms with Gasteiger partial charge in [0.2, 0.25) is 0 Å². The van der Waals surface area contributed by atoms with Crippen molar-refractivity contribution in [2.24, 2.45) is 0 Å². The molecule has 0 aliphatic rings. The Bertz CT molecular complexity index is 1570. The SMILES string of the molecule is CCS(=O)(=O)c1cccc(-c2cccc3c2c2cc(C)cnc2n3OCCCn2cncn2)c1. The van der Waals surface area contributed by atoms with Crippen LogP contribution >= 0.6 is 0 Å². The molecule has 0 atom stereocenters. The van der Waals surface area contributed by atoms with E-state index in [0.717, 1.165) is 45.0 Å². The van der Waals surface area contributed by atoms with Gasteiger partial charge in [0.15, 0.2) is 15.5 Å². The van der Waals surface area contributed by atoms with Crippen molar-refractivity contribution in [3.05, 3.63) is 72.9 Å². The molecule has 0 amide bonds. The summed E-state index contributed by atoms with van der Waals surface area (Å²) in [4.78, 5) is 15.1. The summed E-state index contributed by atoms with van der Waals surface area (Å²) in [6.07, 6.45) is 5.78. The number of pyridine rings is 1. The van der Waals surface area contributed by atoms with E-state index in [-0.39, 0.29) is 5.75 Å². The molecule has 0 saturated carbocycles. The first-order chi connectivity index (χ1) is 16.5. The van der Waals surface area contributed by atoms with Gasteiger partial charge in [0.25, 0.3) is 0 Å². The van der Waals surface area contributed by atoms with Crippen molar-refractivity contribution in [1.82, 2.24) is 24.5 Å². The standard InChI is InChI=1S/C25H25N5O3S/c1-3-34(31,32)20-8-4-7-19(14-20)21-9-5-10-23-24(21)22-13-18(2)15-27-25(22)30(23)33-12-6-11-29-17-26-16-28-29/h4-5,7-10,13-17H,3,6,11-12H2,1-2H3. The summed E-state index contributed by atoms with van der Waals surface area (Å²) in [6, 6.07) is 15.2. The van der Waals surface area contributed by atoms with Gasteiger partial charge < -0.3 is 4.84 Å². The number of benzene rings is 2. The molecule has 0 bridgehead atoms. The lowest BCUT2D eigenvalue weighted by Crippen LogP contribution is -2.15. The number of aryl methyl sites for hydroxylation is 2. The molecule has 0 radical (unpaired) electrons. The topological polar surface area (TPSA) is 91.9 Å². The van der Waals surface area contributed by atoms with Crippen LogP contribution in [0, 0.1) is 6.92 Å². The van der Waals surface area contributed by atoms with Crippen LogP contribution in [0.2, 0.25) is 0 Å². The van der Waals surface area contributed by atoms with E-state index in [1.54, 1.807) is 40.9 Å². The van der Waals surface area contributed by atoms with Gasteiger partial charge in [-0.3, -0.25) is 4.68 Å². The third kappa shape index (κ3) is 4.03. The van der Waals surface area contributed by atoms with Crippen LogP contribution in [-0.4, -0.2) is 45.3 Å². The highest BCUT2D eigenvalue weighted by Gasteiger charge is 2.19. The zero-order valence-electron chi connectivity index (χ0n) is 19.0. The summed E-state index contributed by atoms with van der Waals surface area (Å²) in [6.45, 7) is 4.84. The molecule has 2 aromatic carbocycles. The van der Waals surface area contributed by atoms with E-state index < -0.39 is 9.84 Å². The fourth-order valence-corrected chi connectivity index (χ4v) is 5.07. The lowest BCUT2D eigenvalue weighted by molar-refractivity contribution is 0.122. The Morgan fingerprint density at radius 1 is 1.09 bits per heavy atom. The Balaban J connectivity index is 1.60. The predicted octanol–water partition coefficient (Wildman–Crippen LogP) is 4.07. The van der Waals surface area contributed by atoms with Gasteiger partial charge in [-0.05, 0) is 47.9 Å². The number of hydrogen-bond acceptors (Lipinski definition) is 6. The maximum atomic E-state index is 12.5. The third-order valence-electron chi connectivity index (χ3n) is 5.83. The summed E-state index contributed by atoms with van der Waals surface area (Å²) in [7, 11) is -3.31. The van der Waals surface area contributed by atoms with Crippen LogP contribution in [0.1, 0.15) is 18.9 Å². The van der Waals surface area contributed by atoms with E-state index >= 15 is 0 Å². The molecule has 0 aliphatic carbocycles. The third-order valence-corrected chi connectivity index (χ3v) is 7.56. The Labute approximate surface area is 197 Å². The van der Waals surface area contributed by atoms with Crippen molar-refractivity contribution in [2.75, 3.05) is 12.4 Å². The molecule has 5 aromatic rings. The second-order valence-electron chi connectivity index (χ2n) is 8.15. The number of aromatic nitrogens is 5. The van der Waals surface area contributed by atoms with Gasteiger partial charge in [-0.15, -0.1) is 0 Å². The number of fused-ring (bicyclic) bond motifs is 3. The fraction of sp³-hybridized carbons (Fsp3) is 0.240. The van der Waals surface area contributed by atoms with Crippen molar-refractivity contribution in [1.29, 1.82) is 0 Å². The highest BCUT2D eigenvalue weighted by atomic mass is 32.2. The van der Waals surface area contributed by atoms with Crippen molar-refractivity contribution >= 4 is 31.8 Å². The number of rotatable bonds is 8. The van der Waals surface area contributed by atoms with Gasteiger partial charge in [0.1, 0.15) is 19.3 Å². The molecule has 0 spiro atoms. The van der Waals surface area contributed by atoms with Crippen LogP contribution in [-0.2, 0) is 16.4 Å². The molecule has 9 heteroatoms. The largest absolute Gasteiger partial charge is 0.412 e. The van der Waals surface area contributed by atoms with Crippen molar-refractivity contribution in [2.45, 2.75) is 31.7 Å². The molecule has 0 saturated heterocycles. The minimum Gasteiger partial charge on any atom is -0.412 e. The van der Waals surface area contributed by atoms with E-state index in [9.17, 15) is 8.42 Å². The number of hydrogen-bond donors (Lipinski definition) is 0. The molecular weight excluding hydrogens is 450 g/mol. The van der Waals surface area contributed by atoms with Gasteiger partial charge >= 0.3 is 0 Å². The van der Waals surface area contributed by atoms with Gasteiger partial charge in [-0.2, -0.15) is 9.83 Å². The van der Waals surface area contributed by atoms with Crippen molar-refractivity contribution in [3.8, 4) is 11.1 Å². The summed E-state index contributed by atoms with van der Waals surface area (Å²) in [5.41, 5.74) is 4.43. The highest BCUT2D eigenvalue weighted by molar-refractivity contribution is 7.91. The highest BCUT2D eigenvalue weighted by Crippen LogP contribution is 2.36. The van der Waals surface area contributed by atoms with Crippen LogP contribution in [0.4, 0.5) is 0 Å². The van der Waals surface area contributed by atoms with Gasteiger partial charge in [0, 0.05) is 29.9 Å². The zero-order chi connectivity index (χ0) is 23.7. The summed E-state index contributed by atoms with van der Waals surface area (Å²) in [5.74, 6) is 0.0610. The van der Waals surface area contributed by atoms with E-state index in [1.165, 1.54) is 6.33 Å². The molecule has 34 heavy (non-hydrogen) atoms.